The van der Waals surface area contributed by atoms with E-state index in [0.717, 1.165) is 18.4 Å². The summed E-state index contributed by atoms with van der Waals surface area (Å²) in [6, 6.07) is 0.463. The molecule has 5 unspecified atom stereocenters. The summed E-state index contributed by atoms with van der Waals surface area (Å²) in [6.07, 6.45) is 5.82. The van der Waals surface area contributed by atoms with Gasteiger partial charge in [0.25, 0.3) is 0 Å². The van der Waals surface area contributed by atoms with E-state index in [4.69, 9.17) is 4.74 Å². The Bertz CT molecular complexity index is 207. The highest BCUT2D eigenvalue weighted by atomic mass is 16.5. The molecule has 0 aliphatic heterocycles. The Kier molecular flexibility index (Phi) is 6.50. The molecule has 1 aliphatic carbocycles. The van der Waals surface area contributed by atoms with Crippen LogP contribution in [-0.2, 0) is 4.74 Å². The second kappa shape index (κ2) is 7.38. The van der Waals surface area contributed by atoms with Gasteiger partial charge in [0.2, 0.25) is 0 Å². The molecular weight excluding hydrogens is 210 g/mol. The Balaban J connectivity index is 2.28. The highest BCUT2D eigenvalue weighted by Crippen LogP contribution is 2.31. The SMILES string of the molecule is CCCNC(C)C(C)OC1CCC(C)C(C)C1. The molecule has 0 aromatic rings. The van der Waals surface area contributed by atoms with Crippen LogP contribution in [0.25, 0.3) is 0 Å². The van der Waals surface area contributed by atoms with E-state index in [-0.39, 0.29) is 0 Å². The zero-order valence-corrected chi connectivity index (χ0v) is 12.3. The van der Waals surface area contributed by atoms with Crippen LogP contribution in [0.15, 0.2) is 0 Å². The third-order valence-corrected chi connectivity index (χ3v) is 4.38. The van der Waals surface area contributed by atoms with Crippen LogP contribution in [0.2, 0.25) is 0 Å². The number of hydrogen-bond acceptors (Lipinski definition) is 2. The van der Waals surface area contributed by atoms with Crippen molar-refractivity contribution in [3.8, 4) is 0 Å². The second-order valence-electron chi connectivity index (χ2n) is 5.97. The summed E-state index contributed by atoms with van der Waals surface area (Å²) in [7, 11) is 0. The molecule has 0 saturated heterocycles. The first-order chi connectivity index (χ1) is 8.04. The molecule has 1 saturated carbocycles. The molecule has 1 N–H and O–H groups in total. The third-order valence-electron chi connectivity index (χ3n) is 4.38. The van der Waals surface area contributed by atoms with Gasteiger partial charge in [-0.2, -0.15) is 0 Å². The molecule has 17 heavy (non-hydrogen) atoms. The van der Waals surface area contributed by atoms with Crippen LogP contribution in [0.1, 0.15) is 60.3 Å². The zero-order valence-electron chi connectivity index (χ0n) is 12.3. The molecule has 0 bridgehead atoms. The lowest BCUT2D eigenvalue weighted by atomic mass is 9.80. The first-order valence-corrected chi connectivity index (χ1v) is 7.43. The van der Waals surface area contributed by atoms with Crippen molar-refractivity contribution in [2.75, 3.05) is 6.54 Å². The third kappa shape index (κ3) is 4.97. The van der Waals surface area contributed by atoms with Crippen molar-refractivity contribution in [3.05, 3.63) is 0 Å². The molecule has 1 rings (SSSR count). The summed E-state index contributed by atoms with van der Waals surface area (Å²) in [5.74, 6) is 1.70. The predicted octanol–water partition coefficient (Wildman–Crippen LogP) is 3.60. The molecule has 2 nitrogen and oxygen atoms in total. The lowest BCUT2D eigenvalue weighted by Gasteiger charge is -2.35. The molecule has 1 fully saturated rings. The Morgan fingerprint density at radius 1 is 1.18 bits per heavy atom. The van der Waals surface area contributed by atoms with Crippen LogP contribution >= 0.6 is 0 Å². The molecule has 0 aromatic heterocycles. The van der Waals surface area contributed by atoms with Gasteiger partial charge in [-0.05, 0) is 57.9 Å². The lowest BCUT2D eigenvalue weighted by Crippen LogP contribution is -2.40. The molecule has 2 heteroatoms. The molecule has 102 valence electrons. The smallest absolute Gasteiger partial charge is 0.0700 e. The van der Waals surface area contributed by atoms with Gasteiger partial charge < -0.3 is 10.1 Å². The maximum Gasteiger partial charge on any atom is 0.0700 e. The van der Waals surface area contributed by atoms with Crippen LogP contribution in [-0.4, -0.2) is 24.8 Å². The zero-order chi connectivity index (χ0) is 12.8. The van der Waals surface area contributed by atoms with Crippen molar-refractivity contribution < 1.29 is 4.74 Å². The molecule has 5 atom stereocenters. The Morgan fingerprint density at radius 2 is 1.88 bits per heavy atom. The largest absolute Gasteiger partial charge is 0.374 e. The average Bonchev–Trinajstić information content (AvgIpc) is 2.30. The normalized spacial score (nSPS) is 33.4. The number of nitrogens with one attached hydrogen (secondary N) is 1. The summed E-state index contributed by atoms with van der Waals surface area (Å²) in [5, 5.41) is 3.52. The summed E-state index contributed by atoms with van der Waals surface area (Å²) >= 11 is 0. The van der Waals surface area contributed by atoms with Gasteiger partial charge in [0.05, 0.1) is 12.2 Å². The van der Waals surface area contributed by atoms with Crippen molar-refractivity contribution in [2.45, 2.75) is 78.6 Å². The van der Waals surface area contributed by atoms with Gasteiger partial charge in [-0.15, -0.1) is 0 Å². The molecule has 0 amide bonds. The van der Waals surface area contributed by atoms with Crippen molar-refractivity contribution in [1.82, 2.24) is 5.32 Å². The minimum absolute atomic E-state index is 0.326. The predicted molar refractivity (Wildman–Crippen MR) is 74.3 cm³/mol. The fourth-order valence-electron chi connectivity index (χ4n) is 2.58. The topological polar surface area (TPSA) is 21.3 Å². The fraction of sp³-hybridized carbons (Fsp3) is 1.00. The summed E-state index contributed by atoms with van der Waals surface area (Å²) in [5.41, 5.74) is 0. The van der Waals surface area contributed by atoms with E-state index in [0.29, 0.717) is 18.2 Å². The first kappa shape index (κ1) is 15.0. The van der Waals surface area contributed by atoms with Crippen LogP contribution in [0.5, 0.6) is 0 Å². The van der Waals surface area contributed by atoms with Crippen LogP contribution < -0.4 is 5.32 Å². The maximum absolute atomic E-state index is 6.21. The van der Waals surface area contributed by atoms with Gasteiger partial charge in [0.15, 0.2) is 0 Å². The summed E-state index contributed by atoms with van der Waals surface area (Å²) in [4.78, 5) is 0. The standard InChI is InChI=1S/C15H31NO/c1-6-9-16-13(4)14(5)17-15-8-7-11(2)12(3)10-15/h11-16H,6-10H2,1-5H3. The molecule has 0 spiro atoms. The summed E-state index contributed by atoms with van der Waals surface area (Å²) in [6.45, 7) is 12.5. The number of hydrogen-bond donors (Lipinski definition) is 1. The van der Waals surface area contributed by atoms with Gasteiger partial charge in [0, 0.05) is 6.04 Å². The van der Waals surface area contributed by atoms with Crippen molar-refractivity contribution in [3.63, 3.8) is 0 Å². The van der Waals surface area contributed by atoms with E-state index in [9.17, 15) is 0 Å². The van der Waals surface area contributed by atoms with Crippen LogP contribution in [0.3, 0.4) is 0 Å². The van der Waals surface area contributed by atoms with Gasteiger partial charge in [-0.1, -0.05) is 20.8 Å². The minimum atomic E-state index is 0.326. The van der Waals surface area contributed by atoms with Gasteiger partial charge in [-0.25, -0.2) is 0 Å². The maximum atomic E-state index is 6.21. The number of ether oxygens (including phenoxy) is 1. The van der Waals surface area contributed by atoms with Gasteiger partial charge >= 0.3 is 0 Å². The van der Waals surface area contributed by atoms with Crippen LogP contribution in [0, 0.1) is 11.8 Å². The summed E-state index contributed by atoms with van der Waals surface area (Å²) < 4.78 is 6.21. The average molecular weight is 241 g/mol. The Hall–Kier alpha value is -0.0800. The van der Waals surface area contributed by atoms with E-state index in [1.54, 1.807) is 0 Å². The van der Waals surface area contributed by atoms with E-state index >= 15 is 0 Å². The molecular formula is C15H31NO. The number of rotatable bonds is 6. The molecule has 0 heterocycles. The molecule has 0 radical (unpaired) electrons. The second-order valence-corrected chi connectivity index (χ2v) is 5.97. The van der Waals surface area contributed by atoms with Crippen molar-refractivity contribution >= 4 is 0 Å². The monoisotopic (exact) mass is 241 g/mol. The van der Waals surface area contributed by atoms with Crippen LogP contribution in [0.4, 0.5) is 0 Å². The lowest BCUT2D eigenvalue weighted by molar-refractivity contribution is -0.0511. The highest BCUT2D eigenvalue weighted by molar-refractivity contribution is 4.78. The van der Waals surface area contributed by atoms with E-state index < -0.39 is 0 Å². The molecule has 1 aliphatic rings. The van der Waals surface area contributed by atoms with Gasteiger partial charge in [0.1, 0.15) is 0 Å². The van der Waals surface area contributed by atoms with E-state index in [1.807, 2.05) is 0 Å². The fourth-order valence-corrected chi connectivity index (χ4v) is 2.58. The first-order valence-electron chi connectivity index (χ1n) is 7.43. The van der Waals surface area contributed by atoms with Crippen molar-refractivity contribution in [1.29, 1.82) is 0 Å². The van der Waals surface area contributed by atoms with Crippen molar-refractivity contribution in [2.24, 2.45) is 11.8 Å². The Morgan fingerprint density at radius 3 is 2.47 bits per heavy atom. The minimum Gasteiger partial charge on any atom is -0.374 e. The Labute approximate surface area is 108 Å². The van der Waals surface area contributed by atoms with E-state index in [1.165, 1.54) is 25.7 Å². The van der Waals surface area contributed by atoms with E-state index in [2.05, 4.69) is 39.9 Å². The highest BCUT2D eigenvalue weighted by Gasteiger charge is 2.27. The molecule has 0 aromatic carbocycles. The quantitative estimate of drug-likeness (QED) is 0.767. The van der Waals surface area contributed by atoms with Gasteiger partial charge in [-0.3, -0.25) is 0 Å².